The maximum Gasteiger partial charge on any atom is 0.260 e. The number of fused-ring (bicyclic) bond motifs is 1. The van der Waals surface area contributed by atoms with Gasteiger partial charge in [-0.25, -0.2) is 4.98 Å². The first-order valence-corrected chi connectivity index (χ1v) is 12.3. The van der Waals surface area contributed by atoms with Crippen LogP contribution < -0.4 is 4.90 Å². The highest BCUT2D eigenvalue weighted by Crippen LogP contribution is 2.34. The predicted molar refractivity (Wildman–Crippen MR) is 132 cm³/mol. The first-order valence-electron chi connectivity index (χ1n) is 9.47. The van der Waals surface area contributed by atoms with Gasteiger partial charge in [-0.2, -0.15) is 0 Å². The Morgan fingerprint density at radius 1 is 1.23 bits per heavy atom. The SMILES string of the molecule is CSc1cccc2sc(N(CCN3CCOCC3)C(=O)c3ccc(Br)cc3)nc12.Cl. The van der Waals surface area contributed by atoms with Crippen molar-refractivity contribution < 1.29 is 9.53 Å². The number of thiazole rings is 1. The van der Waals surface area contributed by atoms with Gasteiger partial charge in [0, 0.05) is 41.1 Å². The molecule has 9 heteroatoms. The van der Waals surface area contributed by atoms with E-state index in [1.807, 2.05) is 35.2 Å². The summed E-state index contributed by atoms with van der Waals surface area (Å²) in [5.74, 6) is -0.0180. The highest BCUT2D eigenvalue weighted by Gasteiger charge is 2.23. The van der Waals surface area contributed by atoms with Gasteiger partial charge in [0.05, 0.1) is 23.4 Å². The Balaban J connectivity index is 0.00000256. The number of aromatic nitrogens is 1. The fourth-order valence-corrected chi connectivity index (χ4v) is 5.20. The van der Waals surface area contributed by atoms with Crippen molar-refractivity contribution in [3.8, 4) is 0 Å². The molecule has 3 aromatic rings. The third kappa shape index (κ3) is 5.36. The van der Waals surface area contributed by atoms with Crippen molar-refractivity contribution in [2.75, 3.05) is 50.5 Å². The number of thioether (sulfide) groups is 1. The van der Waals surface area contributed by atoms with E-state index in [1.54, 1.807) is 23.1 Å². The summed E-state index contributed by atoms with van der Waals surface area (Å²) in [6, 6.07) is 13.7. The molecule has 1 aromatic heterocycles. The van der Waals surface area contributed by atoms with Crippen molar-refractivity contribution >= 4 is 72.7 Å². The molecular weight excluding hydrogens is 506 g/mol. The molecule has 0 atom stereocenters. The molecule has 1 aliphatic rings. The van der Waals surface area contributed by atoms with Gasteiger partial charge in [-0.1, -0.05) is 33.3 Å². The van der Waals surface area contributed by atoms with Crippen LogP contribution in [0.25, 0.3) is 10.2 Å². The van der Waals surface area contributed by atoms with Crippen LogP contribution in [0.4, 0.5) is 5.13 Å². The monoisotopic (exact) mass is 527 g/mol. The molecule has 2 aromatic carbocycles. The zero-order valence-electron chi connectivity index (χ0n) is 16.5. The average Bonchev–Trinajstić information content (AvgIpc) is 3.19. The number of amides is 1. The Morgan fingerprint density at radius 3 is 2.67 bits per heavy atom. The van der Waals surface area contributed by atoms with E-state index in [-0.39, 0.29) is 18.3 Å². The molecule has 5 nitrogen and oxygen atoms in total. The number of halogens is 2. The van der Waals surface area contributed by atoms with Crippen LogP contribution >= 0.6 is 51.4 Å². The average molecular weight is 529 g/mol. The lowest BCUT2D eigenvalue weighted by atomic mass is 10.2. The molecular formula is C21H23BrClN3O2S2. The number of morpholine rings is 1. The fraction of sp³-hybridized carbons (Fsp3) is 0.333. The first kappa shape index (κ1) is 23.5. The van der Waals surface area contributed by atoms with Crippen LogP contribution in [0.3, 0.4) is 0 Å². The maximum atomic E-state index is 13.4. The second-order valence-electron chi connectivity index (χ2n) is 6.72. The van der Waals surface area contributed by atoms with E-state index in [9.17, 15) is 4.79 Å². The van der Waals surface area contributed by atoms with Gasteiger partial charge < -0.3 is 4.74 Å². The highest BCUT2D eigenvalue weighted by atomic mass is 79.9. The van der Waals surface area contributed by atoms with Gasteiger partial charge in [-0.3, -0.25) is 14.6 Å². The predicted octanol–water partition coefficient (Wildman–Crippen LogP) is 5.18. The zero-order valence-corrected chi connectivity index (χ0v) is 20.6. The Kier molecular flexibility index (Phi) is 8.56. The van der Waals surface area contributed by atoms with Crippen LogP contribution in [0.2, 0.25) is 0 Å². The summed E-state index contributed by atoms with van der Waals surface area (Å²) in [5, 5.41) is 0.752. The van der Waals surface area contributed by atoms with Crippen molar-refractivity contribution in [3.63, 3.8) is 0 Å². The van der Waals surface area contributed by atoms with Gasteiger partial charge in [0.15, 0.2) is 5.13 Å². The van der Waals surface area contributed by atoms with Gasteiger partial charge in [-0.15, -0.1) is 24.2 Å². The smallest absolute Gasteiger partial charge is 0.260 e. The second-order valence-corrected chi connectivity index (χ2v) is 9.49. The van der Waals surface area contributed by atoms with Crippen molar-refractivity contribution in [2.45, 2.75) is 4.90 Å². The Bertz CT molecular complexity index is 994. The number of benzene rings is 2. The summed E-state index contributed by atoms with van der Waals surface area (Å²) in [6.45, 7) is 4.70. The summed E-state index contributed by atoms with van der Waals surface area (Å²) in [5.41, 5.74) is 1.64. The first-order chi connectivity index (χ1) is 14.2. The quantitative estimate of drug-likeness (QED) is 0.413. The topological polar surface area (TPSA) is 45.7 Å². The molecule has 1 saturated heterocycles. The lowest BCUT2D eigenvalue weighted by Crippen LogP contribution is -2.43. The van der Waals surface area contributed by atoms with Gasteiger partial charge in [0.25, 0.3) is 5.91 Å². The second kappa shape index (κ2) is 10.9. The van der Waals surface area contributed by atoms with E-state index in [4.69, 9.17) is 9.72 Å². The molecule has 0 unspecified atom stereocenters. The molecule has 0 bridgehead atoms. The van der Waals surface area contributed by atoms with Gasteiger partial charge in [0.2, 0.25) is 0 Å². The van der Waals surface area contributed by atoms with E-state index in [0.717, 1.165) is 57.6 Å². The highest BCUT2D eigenvalue weighted by molar-refractivity contribution is 9.10. The molecule has 160 valence electrons. The zero-order chi connectivity index (χ0) is 20.2. The normalized spacial score (nSPS) is 14.5. The van der Waals surface area contributed by atoms with E-state index in [2.05, 4.69) is 39.2 Å². The lowest BCUT2D eigenvalue weighted by Gasteiger charge is -2.29. The molecule has 1 aliphatic heterocycles. The summed E-state index contributed by atoms with van der Waals surface area (Å²) in [4.78, 5) is 23.6. The van der Waals surface area contributed by atoms with Crippen LogP contribution in [-0.2, 0) is 4.74 Å². The van der Waals surface area contributed by atoms with E-state index in [1.165, 1.54) is 0 Å². The third-order valence-corrected chi connectivity index (χ3v) is 7.24. The van der Waals surface area contributed by atoms with Gasteiger partial charge in [-0.05, 0) is 42.7 Å². The maximum absolute atomic E-state index is 13.4. The van der Waals surface area contributed by atoms with E-state index < -0.39 is 0 Å². The summed E-state index contributed by atoms with van der Waals surface area (Å²) in [7, 11) is 0. The third-order valence-electron chi connectivity index (χ3n) is 4.90. The molecule has 0 radical (unpaired) electrons. The molecule has 1 amide bonds. The van der Waals surface area contributed by atoms with Crippen LogP contribution in [0.5, 0.6) is 0 Å². The van der Waals surface area contributed by atoms with Gasteiger partial charge >= 0.3 is 0 Å². The summed E-state index contributed by atoms with van der Waals surface area (Å²) < 4.78 is 7.51. The molecule has 1 fully saturated rings. The van der Waals surface area contributed by atoms with Gasteiger partial charge in [0.1, 0.15) is 0 Å². The number of rotatable bonds is 6. The number of anilines is 1. The number of carbonyl (C=O) groups is 1. The number of nitrogens with zero attached hydrogens (tertiary/aromatic N) is 3. The molecule has 0 aliphatic carbocycles. The Morgan fingerprint density at radius 2 is 1.97 bits per heavy atom. The van der Waals surface area contributed by atoms with Crippen LogP contribution in [-0.4, -0.2) is 61.4 Å². The minimum absolute atomic E-state index is 0. The molecule has 0 N–H and O–H groups in total. The minimum atomic E-state index is -0.0180. The molecule has 2 heterocycles. The summed E-state index contributed by atoms with van der Waals surface area (Å²) >= 11 is 6.70. The van der Waals surface area contributed by atoms with Crippen LogP contribution in [0, 0.1) is 0 Å². The standard InChI is InChI=1S/C21H22BrN3O2S2.ClH/c1-28-17-3-2-4-18-19(17)23-21(29-18)25(10-9-24-11-13-27-14-12-24)20(26)15-5-7-16(22)8-6-15;/h2-8H,9-14H2,1H3;1H. The van der Waals surface area contributed by atoms with Crippen molar-refractivity contribution in [1.82, 2.24) is 9.88 Å². The number of para-hydroxylation sites is 1. The Hall–Kier alpha value is -1.16. The summed E-state index contributed by atoms with van der Waals surface area (Å²) in [6.07, 6.45) is 2.05. The number of ether oxygens (including phenoxy) is 1. The van der Waals surface area contributed by atoms with E-state index in [0.29, 0.717) is 12.1 Å². The molecule has 0 spiro atoms. The fourth-order valence-electron chi connectivity index (χ4n) is 3.29. The van der Waals surface area contributed by atoms with Crippen molar-refractivity contribution in [1.29, 1.82) is 0 Å². The van der Waals surface area contributed by atoms with Crippen LogP contribution in [0.15, 0.2) is 51.8 Å². The van der Waals surface area contributed by atoms with Crippen molar-refractivity contribution in [3.05, 3.63) is 52.5 Å². The Labute approximate surface area is 199 Å². The number of hydrogen-bond donors (Lipinski definition) is 0. The molecule has 4 rings (SSSR count). The van der Waals surface area contributed by atoms with Crippen LogP contribution in [0.1, 0.15) is 10.4 Å². The minimum Gasteiger partial charge on any atom is -0.379 e. The molecule has 30 heavy (non-hydrogen) atoms. The largest absolute Gasteiger partial charge is 0.379 e. The number of carbonyl (C=O) groups excluding carboxylic acids is 1. The molecule has 0 saturated carbocycles. The number of hydrogen-bond acceptors (Lipinski definition) is 6. The van der Waals surface area contributed by atoms with E-state index >= 15 is 0 Å². The lowest BCUT2D eigenvalue weighted by molar-refractivity contribution is 0.0391. The van der Waals surface area contributed by atoms with Crippen molar-refractivity contribution in [2.24, 2.45) is 0 Å².